The van der Waals surface area contributed by atoms with Gasteiger partial charge in [-0.25, -0.2) is 9.59 Å². The lowest BCUT2D eigenvalue weighted by molar-refractivity contribution is 0.0682. The van der Waals surface area contributed by atoms with Gasteiger partial charge in [-0.2, -0.15) is 0 Å². The fourth-order valence-corrected chi connectivity index (χ4v) is 2.91. The predicted octanol–water partition coefficient (Wildman–Crippen LogP) is 3.75. The second-order valence-corrected chi connectivity index (χ2v) is 5.81. The van der Waals surface area contributed by atoms with Gasteiger partial charge in [0.2, 0.25) is 0 Å². The van der Waals surface area contributed by atoms with Gasteiger partial charge in [-0.05, 0) is 30.3 Å². The smallest absolute Gasteiger partial charge is 0.339 e. The van der Waals surface area contributed by atoms with Gasteiger partial charge in [0.05, 0.1) is 14.2 Å². The Morgan fingerprint density at radius 1 is 0.821 bits per heavy atom. The molecule has 144 valence electrons. The van der Waals surface area contributed by atoms with Crippen LogP contribution in [0.3, 0.4) is 0 Å². The van der Waals surface area contributed by atoms with Crippen molar-refractivity contribution in [3.63, 3.8) is 0 Å². The topological polar surface area (TPSA) is 125 Å². The number of carbonyl (C=O) groups is 2. The number of methoxy groups -OCH3 is 2. The monoisotopic (exact) mass is 382 g/mol. The molecule has 4 rings (SSSR count). The van der Waals surface area contributed by atoms with Crippen LogP contribution in [0.2, 0.25) is 0 Å². The van der Waals surface area contributed by atoms with E-state index in [2.05, 4.69) is 9.97 Å². The highest BCUT2D eigenvalue weighted by molar-refractivity contribution is 5.99. The summed E-state index contributed by atoms with van der Waals surface area (Å²) in [4.78, 5) is 27.7. The second-order valence-electron chi connectivity index (χ2n) is 5.81. The Kier molecular flexibility index (Phi) is 5.21. The number of fused-ring (bicyclic) bond motifs is 2. The molecule has 0 radical (unpaired) electrons. The third kappa shape index (κ3) is 3.48. The molecule has 0 unspecified atom stereocenters. The molecule has 0 amide bonds. The van der Waals surface area contributed by atoms with E-state index in [1.807, 2.05) is 6.07 Å². The van der Waals surface area contributed by atoms with Crippen LogP contribution in [0.4, 0.5) is 0 Å². The van der Waals surface area contributed by atoms with Crippen LogP contribution in [0.1, 0.15) is 20.7 Å². The SMILES string of the molecule is COc1c(C(=O)O)ccc2[nH]ccc12.COc1cc2[nH]ccc2cc1C(=O)O. The summed E-state index contributed by atoms with van der Waals surface area (Å²) < 4.78 is 10.1. The van der Waals surface area contributed by atoms with Crippen LogP contribution in [-0.4, -0.2) is 46.3 Å². The quantitative estimate of drug-likeness (QED) is 0.426. The average Bonchev–Trinajstić information content (AvgIpc) is 3.34. The predicted molar refractivity (Wildman–Crippen MR) is 104 cm³/mol. The van der Waals surface area contributed by atoms with E-state index in [1.54, 1.807) is 36.7 Å². The molecule has 2 heterocycles. The van der Waals surface area contributed by atoms with E-state index < -0.39 is 11.9 Å². The molecule has 28 heavy (non-hydrogen) atoms. The van der Waals surface area contributed by atoms with Gasteiger partial charge in [0, 0.05) is 40.3 Å². The van der Waals surface area contributed by atoms with Crippen molar-refractivity contribution in [1.82, 2.24) is 9.97 Å². The highest BCUT2D eigenvalue weighted by Crippen LogP contribution is 2.29. The van der Waals surface area contributed by atoms with Crippen molar-refractivity contribution < 1.29 is 29.3 Å². The Bertz CT molecular complexity index is 1150. The van der Waals surface area contributed by atoms with E-state index in [4.69, 9.17) is 19.7 Å². The van der Waals surface area contributed by atoms with Crippen molar-refractivity contribution >= 4 is 33.7 Å². The first-order valence-electron chi connectivity index (χ1n) is 8.22. The molecule has 0 aliphatic rings. The van der Waals surface area contributed by atoms with Gasteiger partial charge in [-0.1, -0.05) is 0 Å². The summed E-state index contributed by atoms with van der Waals surface area (Å²) in [5, 5.41) is 19.5. The first-order valence-corrected chi connectivity index (χ1v) is 8.22. The molecule has 0 spiro atoms. The summed E-state index contributed by atoms with van der Waals surface area (Å²) in [5.74, 6) is -1.20. The Hall–Kier alpha value is -3.94. The zero-order valence-electron chi connectivity index (χ0n) is 15.1. The van der Waals surface area contributed by atoms with E-state index in [0.717, 1.165) is 21.8 Å². The van der Waals surface area contributed by atoms with E-state index >= 15 is 0 Å². The molecule has 0 fully saturated rings. The third-order valence-electron chi connectivity index (χ3n) is 4.22. The normalized spacial score (nSPS) is 10.4. The number of ether oxygens (including phenoxy) is 2. The van der Waals surface area contributed by atoms with E-state index in [1.165, 1.54) is 20.3 Å². The van der Waals surface area contributed by atoms with E-state index in [-0.39, 0.29) is 11.1 Å². The lowest BCUT2D eigenvalue weighted by Crippen LogP contribution is -2.00. The summed E-state index contributed by atoms with van der Waals surface area (Å²) in [5.41, 5.74) is 2.10. The van der Waals surface area contributed by atoms with Crippen LogP contribution in [0.25, 0.3) is 21.8 Å². The molecule has 0 saturated carbocycles. The van der Waals surface area contributed by atoms with Crippen LogP contribution < -0.4 is 9.47 Å². The molecule has 2 aromatic carbocycles. The van der Waals surface area contributed by atoms with Crippen LogP contribution in [0.5, 0.6) is 11.5 Å². The minimum atomic E-state index is -0.982. The molecule has 0 saturated heterocycles. The molecule has 0 bridgehead atoms. The number of aromatic carboxylic acids is 2. The second kappa shape index (κ2) is 7.75. The summed E-state index contributed by atoms with van der Waals surface area (Å²) in [6.45, 7) is 0. The van der Waals surface area contributed by atoms with Gasteiger partial charge < -0.3 is 29.7 Å². The zero-order valence-corrected chi connectivity index (χ0v) is 15.1. The molecule has 8 heteroatoms. The van der Waals surface area contributed by atoms with Crippen LogP contribution in [-0.2, 0) is 0 Å². The lowest BCUT2D eigenvalue weighted by Gasteiger charge is -2.05. The van der Waals surface area contributed by atoms with Gasteiger partial charge in [0.15, 0.2) is 0 Å². The molecule has 8 nitrogen and oxygen atoms in total. The minimum absolute atomic E-state index is 0.180. The molecule has 4 N–H and O–H groups in total. The minimum Gasteiger partial charge on any atom is -0.496 e. The molecule has 0 aliphatic heterocycles. The van der Waals surface area contributed by atoms with Crippen molar-refractivity contribution in [3.05, 3.63) is 59.9 Å². The first kappa shape index (κ1) is 18.8. The van der Waals surface area contributed by atoms with Crippen LogP contribution >= 0.6 is 0 Å². The first-order chi connectivity index (χ1) is 13.5. The van der Waals surface area contributed by atoms with Gasteiger partial charge >= 0.3 is 11.9 Å². The van der Waals surface area contributed by atoms with Crippen molar-refractivity contribution in [2.45, 2.75) is 0 Å². The molecular weight excluding hydrogens is 364 g/mol. The number of rotatable bonds is 4. The maximum atomic E-state index is 10.9. The van der Waals surface area contributed by atoms with Crippen molar-refractivity contribution in [2.75, 3.05) is 14.2 Å². The fourth-order valence-electron chi connectivity index (χ4n) is 2.91. The molecule has 0 atom stereocenters. The summed E-state index contributed by atoms with van der Waals surface area (Å²) >= 11 is 0. The summed E-state index contributed by atoms with van der Waals surface area (Å²) in [6, 6.07) is 10.1. The standard InChI is InChI=1S/2C10H9NO3/c1-14-9-5-8-6(2-3-11-8)4-7(9)10(12)13;1-14-9-6-4-5-11-8(6)3-2-7(9)10(12)13/h2*2-5,11H,1H3,(H,12,13). The highest BCUT2D eigenvalue weighted by atomic mass is 16.5. The zero-order chi connectivity index (χ0) is 20.3. The molecule has 0 aliphatic carbocycles. The summed E-state index contributed by atoms with van der Waals surface area (Å²) in [7, 11) is 2.92. The molecule has 4 aromatic rings. The Morgan fingerprint density at radius 3 is 2.14 bits per heavy atom. The molecular formula is C20H18N2O6. The maximum absolute atomic E-state index is 10.9. The fraction of sp³-hybridized carbons (Fsp3) is 0.100. The summed E-state index contributed by atoms with van der Waals surface area (Å²) in [6.07, 6.45) is 3.51. The Balaban J connectivity index is 0.000000161. The van der Waals surface area contributed by atoms with Gasteiger partial charge in [-0.15, -0.1) is 0 Å². The largest absolute Gasteiger partial charge is 0.496 e. The number of carboxylic acids is 2. The van der Waals surface area contributed by atoms with Crippen LogP contribution in [0.15, 0.2) is 48.8 Å². The van der Waals surface area contributed by atoms with Gasteiger partial charge in [0.1, 0.15) is 22.6 Å². The Labute approximate surface area is 159 Å². The molecule has 2 aromatic heterocycles. The number of benzene rings is 2. The third-order valence-corrected chi connectivity index (χ3v) is 4.22. The number of aromatic amines is 2. The van der Waals surface area contributed by atoms with Crippen LogP contribution in [0, 0.1) is 0 Å². The maximum Gasteiger partial charge on any atom is 0.339 e. The van der Waals surface area contributed by atoms with E-state index in [9.17, 15) is 9.59 Å². The highest BCUT2D eigenvalue weighted by Gasteiger charge is 2.14. The van der Waals surface area contributed by atoms with Crippen molar-refractivity contribution in [1.29, 1.82) is 0 Å². The number of nitrogens with one attached hydrogen (secondary N) is 2. The van der Waals surface area contributed by atoms with Crippen molar-refractivity contribution in [3.8, 4) is 11.5 Å². The van der Waals surface area contributed by atoms with Gasteiger partial charge in [-0.3, -0.25) is 0 Å². The van der Waals surface area contributed by atoms with Gasteiger partial charge in [0.25, 0.3) is 0 Å². The number of hydrogen-bond acceptors (Lipinski definition) is 4. The number of H-pyrrole nitrogens is 2. The number of carboxylic acid groups (broad SMARTS) is 2. The average molecular weight is 382 g/mol. The van der Waals surface area contributed by atoms with E-state index in [0.29, 0.717) is 11.5 Å². The van der Waals surface area contributed by atoms with Crippen molar-refractivity contribution in [2.24, 2.45) is 0 Å². The lowest BCUT2D eigenvalue weighted by atomic mass is 10.1. The Morgan fingerprint density at radius 2 is 1.50 bits per heavy atom. The number of hydrogen-bond donors (Lipinski definition) is 4. The number of aromatic nitrogens is 2.